The first kappa shape index (κ1) is 18.3. The minimum Gasteiger partial charge on any atom is -0.324 e. The number of benzene rings is 2. The second-order valence-electron chi connectivity index (χ2n) is 6.01. The van der Waals surface area contributed by atoms with Gasteiger partial charge in [0, 0.05) is 5.69 Å². The number of anilines is 1. The molecule has 0 spiro atoms. The Hall–Kier alpha value is -2.45. The minimum absolute atomic E-state index is 0.131. The highest BCUT2D eigenvalue weighted by atomic mass is 32.1. The van der Waals surface area contributed by atoms with Gasteiger partial charge < -0.3 is 10.2 Å². The molecule has 3 aromatic rings. The van der Waals surface area contributed by atoms with Crippen LogP contribution in [0, 0.1) is 0 Å². The predicted octanol–water partition coefficient (Wildman–Crippen LogP) is 2.97. The Morgan fingerprint density at radius 2 is 1.96 bits per heavy atom. The van der Waals surface area contributed by atoms with Crippen LogP contribution in [0.25, 0.3) is 10.2 Å². The first-order valence-corrected chi connectivity index (χ1v) is 8.76. The van der Waals surface area contributed by atoms with E-state index in [0.717, 1.165) is 32.3 Å². The molecule has 1 amide bonds. The van der Waals surface area contributed by atoms with Crippen LogP contribution in [0.2, 0.25) is 0 Å². The lowest BCUT2D eigenvalue weighted by Crippen LogP contribution is -3.08. The van der Waals surface area contributed by atoms with E-state index in [1.165, 1.54) is 12.1 Å². The Morgan fingerprint density at radius 3 is 2.69 bits per heavy atom. The van der Waals surface area contributed by atoms with E-state index >= 15 is 0 Å². The van der Waals surface area contributed by atoms with Crippen molar-refractivity contribution in [3.05, 3.63) is 59.1 Å². The molecule has 0 bridgehead atoms. The van der Waals surface area contributed by atoms with Crippen molar-refractivity contribution in [2.24, 2.45) is 0 Å². The maximum Gasteiger partial charge on any atom is 0.416 e. The number of para-hydroxylation sites is 1. The Labute approximate surface area is 152 Å². The van der Waals surface area contributed by atoms with E-state index in [-0.39, 0.29) is 18.1 Å². The lowest BCUT2D eigenvalue weighted by atomic mass is 10.2. The summed E-state index contributed by atoms with van der Waals surface area (Å²) in [7, 11) is 1.85. The van der Waals surface area contributed by atoms with Crippen molar-refractivity contribution in [3.63, 3.8) is 0 Å². The van der Waals surface area contributed by atoms with Crippen molar-refractivity contribution in [3.8, 4) is 0 Å². The summed E-state index contributed by atoms with van der Waals surface area (Å²) in [5.41, 5.74) is 0.275. The van der Waals surface area contributed by atoms with E-state index < -0.39 is 11.7 Å². The molecule has 26 heavy (non-hydrogen) atoms. The van der Waals surface area contributed by atoms with Crippen molar-refractivity contribution in [2.75, 3.05) is 18.9 Å². The summed E-state index contributed by atoms with van der Waals surface area (Å²) in [5.74, 6) is -0.345. The van der Waals surface area contributed by atoms with Crippen LogP contribution >= 0.6 is 11.3 Å². The fourth-order valence-electron chi connectivity index (χ4n) is 2.57. The molecule has 1 atom stereocenters. The normalized spacial score (nSPS) is 12.9. The standard InChI is InChI=1S/C18H16F3N3OS/c1-24(11-17-23-14-7-2-3-8-15(14)26-17)10-16(25)22-13-6-4-5-12(9-13)18(19,20)21/h2-9H,10-11H2,1H3,(H,22,25)/p+1. The zero-order valence-corrected chi connectivity index (χ0v) is 14.7. The molecule has 1 aromatic heterocycles. The van der Waals surface area contributed by atoms with Gasteiger partial charge in [0.15, 0.2) is 6.54 Å². The largest absolute Gasteiger partial charge is 0.416 e. The maximum absolute atomic E-state index is 12.7. The van der Waals surface area contributed by atoms with Gasteiger partial charge in [-0.2, -0.15) is 13.2 Å². The quantitative estimate of drug-likeness (QED) is 0.715. The average molecular weight is 380 g/mol. The van der Waals surface area contributed by atoms with Crippen molar-refractivity contribution < 1.29 is 22.9 Å². The molecule has 136 valence electrons. The summed E-state index contributed by atoms with van der Waals surface area (Å²) in [4.78, 5) is 17.5. The average Bonchev–Trinajstić information content (AvgIpc) is 2.96. The van der Waals surface area contributed by atoms with Gasteiger partial charge in [-0.25, -0.2) is 4.98 Å². The first-order chi connectivity index (χ1) is 12.3. The van der Waals surface area contributed by atoms with E-state index in [9.17, 15) is 18.0 Å². The number of nitrogens with zero attached hydrogens (tertiary/aromatic N) is 1. The van der Waals surface area contributed by atoms with Crippen molar-refractivity contribution in [1.82, 2.24) is 4.98 Å². The molecule has 0 saturated heterocycles. The third kappa shape index (κ3) is 4.59. The van der Waals surface area contributed by atoms with Gasteiger partial charge in [0.05, 0.1) is 22.8 Å². The Kier molecular flexibility index (Phi) is 5.24. The van der Waals surface area contributed by atoms with Crippen LogP contribution < -0.4 is 10.2 Å². The number of hydrogen-bond donors (Lipinski definition) is 2. The molecule has 0 aliphatic heterocycles. The summed E-state index contributed by atoms with van der Waals surface area (Å²) in [5, 5.41) is 3.43. The number of fused-ring (bicyclic) bond motifs is 1. The number of halogens is 3. The van der Waals surface area contributed by atoms with E-state index in [4.69, 9.17) is 0 Å². The van der Waals surface area contributed by atoms with Gasteiger partial charge in [-0.1, -0.05) is 18.2 Å². The number of rotatable bonds is 5. The van der Waals surface area contributed by atoms with E-state index in [0.29, 0.717) is 6.54 Å². The summed E-state index contributed by atoms with van der Waals surface area (Å²) in [6.07, 6.45) is -4.43. The third-order valence-corrected chi connectivity index (χ3v) is 4.76. The molecule has 2 N–H and O–H groups in total. The first-order valence-electron chi connectivity index (χ1n) is 7.94. The van der Waals surface area contributed by atoms with Crippen LogP contribution in [0.4, 0.5) is 18.9 Å². The van der Waals surface area contributed by atoms with Crippen LogP contribution in [0.3, 0.4) is 0 Å². The molecule has 0 aliphatic rings. The van der Waals surface area contributed by atoms with Gasteiger partial charge in [0.25, 0.3) is 5.91 Å². The molecule has 0 saturated carbocycles. The number of likely N-dealkylation sites (N-methyl/N-ethyl adjacent to an activating group) is 1. The smallest absolute Gasteiger partial charge is 0.324 e. The van der Waals surface area contributed by atoms with Crippen LogP contribution in [0.15, 0.2) is 48.5 Å². The number of carbonyl (C=O) groups is 1. The molecular weight excluding hydrogens is 363 g/mol. The Bertz CT molecular complexity index is 890. The number of amides is 1. The number of aromatic nitrogens is 1. The summed E-state index contributed by atoms with van der Waals surface area (Å²) < 4.78 is 39.3. The number of nitrogens with one attached hydrogen (secondary N) is 2. The Morgan fingerprint density at radius 1 is 1.19 bits per heavy atom. The monoisotopic (exact) mass is 380 g/mol. The Balaban J connectivity index is 1.59. The van der Waals surface area contributed by atoms with Gasteiger partial charge >= 0.3 is 6.18 Å². The fourth-order valence-corrected chi connectivity index (χ4v) is 3.65. The molecule has 0 radical (unpaired) electrons. The van der Waals surface area contributed by atoms with E-state index in [1.807, 2.05) is 31.3 Å². The van der Waals surface area contributed by atoms with Crippen LogP contribution in [0.5, 0.6) is 0 Å². The number of alkyl halides is 3. The zero-order chi connectivity index (χ0) is 18.7. The van der Waals surface area contributed by atoms with E-state index in [2.05, 4.69) is 10.3 Å². The number of quaternary nitrogens is 1. The van der Waals surface area contributed by atoms with Gasteiger partial charge in [0.1, 0.15) is 11.6 Å². The van der Waals surface area contributed by atoms with Crippen molar-refractivity contribution in [1.29, 1.82) is 0 Å². The van der Waals surface area contributed by atoms with Crippen molar-refractivity contribution >= 4 is 33.1 Å². The molecule has 2 aromatic carbocycles. The second-order valence-corrected chi connectivity index (χ2v) is 7.13. The SMILES string of the molecule is C[NH+](CC(=O)Nc1cccc(C(F)(F)F)c1)Cc1nc2ccccc2s1. The van der Waals surface area contributed by atoms with Gasteiger partial charge in [-0.05, 0) is 30.3 Å². The zero-order valence-electron chi connectivity index (χ0n) is 13.9. The van der Waals surface area contributed by atoms with Gasteiger partial charge in [-0.15, -0.1) is 11.3 Å². The summed E-state index contributed by atoms with van der Waals surface area (Å²) in [6, 6.07) is 12.4. The van der Waals surface area contributed by atoms with Gasteiger partial charge in [-0.3, -0.25) is 4.79 Å². The molecule has 8 heteroatoms. The van der Waals surface area contributed by atoms with E-state index in [1.54, 1.807) is 11.3 Å². The number of hydrogen-bond acceptors (Lipinski definition) is 3. The lowest BCUT2D eigenvalue weighted by molar-refractivity contribution is -0.885. The third-order valence-electron chi connectivity index (χ3n) is 3.73. The number of thiazole rings is 1. The highest BCUT2D eigenvalue weighted by Crippen LogP contribution is 2.30. The highest BCUT2D eigenvalue weighted by Gasteiger charge is 2.30. The topological polar surface area (TPSA) is 46.4 Å². The molecule has 1 heterocycles. The molecule has 4 nitrogen and oxygen atoms in total. The second kappa shape index (κ2) is 7.43. The maximum atomic E-state index is 12.7. The molecule has 1 unspecified atom stereocenters. The molecule has 3 rings (SSSR count). The highest BCUT2D eigenvalue weighted by molar-refractivity contribution is 7.18. The predicted molar refractivity (Wildman–Crippen MR) is 95.2 cm³/mol. The van der Waals surface area contributed by atoms with Crippen LogP contribution in [-0.4, -0.2) is 24.5 Å². The summed E-state index contributed by atoms with van der Waals surface area (Å²) in [6.45, 7) is 0.696. The lowest BCUT2D eigenvalue weighted by Gasteiger charge is -2.13. The van der Waals surface area contributed by atoms with Gasteiger partial charge in [0.2, 0.25) is 0 Å². The molecular formula is C18H17F3N3OS+. The van der Waals surface area contributed by atoms with Crippen LogP contribution in [0.1, 0.15) is 10.6 Å². The van der Waals surface area contributed by atoms with Crippen molar-refractivity contribution in [2.45, 2.75) is 12.7 Å². The molecule has 0 aliphatic carbocycles. The molecule has 0 fully saturated rings. The summed E-state index contributed by atoms with van der Waals surface area (Å²) >= 11 is 1.57. The number of carbonyl (C=O) groups excluding carboxylic acids is 1. The minimum atomic E-state index is -4.43. The van der Waals surface area contributed by atoms with Crippen LogP contribution in [-0.2, 0) is 17.5 Å². The fraction of sp³-hybridized carbons (Fsp3) is 0.222.